The number of ether oxygens (including phenoxy) is 1. The summed E-state index contributed by atoms with van der Waals surface area (Å²) in [5, 5.41) is 3.66. The summed E-state index contributed by atoms with van der Waals surface area (Å²) in [7, 11) is 0. The first-order valence-corrected chi connectivity index (χ1v) is 10.5. The summed E-state index contributed by atoms with van der Waals surface area (Å²) in [6, 6.07) is 17.4. The number of halogens is 2. The van der Waals surface area contributed by atoms with Gasteiger partial charge in [-0.25, -0.2) is 4.98 Å². The minimum atomic E-state index is -0.224. The number of fused-ring (bicyclic) bond motifs is 1. The van der Waals surface area contributed by atoms with Crippen LogP contribution in [0.4, 0.5) is 5.82 Å². The summed E-state index contributed by atoms with van der Waals surface area (Å²) in [5.41, 5.74) is 3.69. The summed E-state index contributed by atoms with van der Waals surface area (Å²) in [6.45, 7) is 2.10. The Morgan fingerprint density at radius 1 is 1.07 bits per heavy atom. The first-order valence-electron chi connectivity index (χ1n) is 9.70. The van der Waals surface area contributed by atoms with Crippen molar-refractivity contribution in [3.05, 3.63) is 87.5 Å². The Balaban J connectivity index is 1.26. The minimum Gasteiger partial charge on any atom is -0.484 e. The predicted octanol–water partition coefficient (Wildman–Crippen LogP) is 4.65. The number of hydrogen-bond donors (Lipinski definition) is 1. The van der Waals surface area contributed by atoms with E-state index in [4.69, 9.17) is 27.9 Å². The third-order valence-corrected chi connectivity index (χ3v) is 5.75. The summed E-state index contributed by atoms with van der Waals surface area (Å²) in [6.07, 6.45) is 2.82. The van der Waals surface area contributed by atoms with Crippen molar-refractivity contribution in [3.63, 3.8) is 0 Å². The van der Waals surface area contributed by atoms with Crippen LogP contribution >= 0.6 is 23.2 Å². The van der Waals surface area contributed by atoms with Gasteiger partial charge in [0.05, 0.1) is 10.0 Å². The van der Waals surface area contributed by atoms with Crippen LogP contribution in [-0.2, 0) is 24.3 Å². The Bertz CT molecular complexity index is 1040. The normalized spacial score (nSPS) is 12.9. The molecule has 4 rings (SSSR count). The number of anilines is 1. The van der Waals surface area contributed by atoms with E-state index in [-0.39, 0.29) is 12.5 Å². The number of aromatic nitrogens is 1. The topological polar surface area (TPSA) is 54.5 Å². The van der Waals surface area contributed by atoms with E-state index in [0.717, 1.165) is 30.9 Å². The minimum absolute atomic E-state index is 0.101. The van der Waals surface area contributed by atoms with Gasteiger partial charge in [-0.1, -0.05) is 53.5 Å². The SMILES string of the molecule is O=C(COc1ccc(Cl)c(Cl)c1)NCc1ccc(N2CCc3ccccc3C2)nc1. The lowest BCUT2D eigenvalue weighted by Crippen LogP contribution is -2.31. The second-order valence-corrected chi connectivity index (χ2v) is 7.92. The highest BCUT2D eigenvalue weighted by atomic mass is 35.5. The fourth-order valence-electron chi connectivity index (χ4n) is 3.37. The number of amides is 1. The van der Waals surface area contributed by atoms with Crippen LogP contribution in [-0.4, -0.2) is 24.0 Å². The standard InChI is InChI=1S/C23H21Cl2N3O2/c24-20-7-6-19(11-21(20)25)30-15-23(29)27-13-16-5-8-22(26-12-16)28-10-9-17-3-1-2-4-18(17)14-28/h1-8,11-12H,9-10,13-15H2,(H,27,29). The van der Waals surface area contributed by atoms with Crippen LogP contribution in [0.5, 0.6) is 5.75 Å². The molecule has 1 aliphatic heterocycles. The third-order valence-electron chi connectivity index (χ3n) is 5.01. The first-order chi connectivity index (χ1) is 14.6. The number of carbonyl (C=O) groups is 1. The lowest BCUT2D eigenvalue weighted by molar-refractivity contribution is -0.123. The van der Waals surface area contributed by atoms with Crippen LogP contribution in [0.25, 0.3) is 0 Å². The van der Waals surface area contributed by atoms with E-state index in [1.807, 2.05) is 12.1 Å². The average molecular weight is 442 g/mol. The molecule has 0 saturated heterocycles. The van der Waals surface area contributed by atoms with Gasteiger partial charge in [-0.05, 0) is 41.3 Å². The van der Waals surface area contributed by atoms with Gasteiger partial charge in [-0.2, -0.15) is 0 Å². The maximum atomic E-state index is 12.0. The van der Waals surface area contributed by atoms with Crippen LogP contribution in [0.3, 0.4) is 0 Å². The van der Waals surface area contributed by atoms with Gasteiger partial charge in [0, 0.05) is 31.9 Å². The quantitative estimate of drug-likeness (QED) is 0.604. The van der Waals surface area contributed by atoms with E-state index in [1.54, 1.807) is 24.4 Å². The second-order valence-electron chi connectivity index (χ2n) is 7.11. The summed E-state index contributed by atoms with van der Waals surface area (Å²) in [4.78, 5) is 18.9. The average Bonchev–Trinajstić information content (AvgIpc) is 2.78. The molecule has 0 aliphatic carbocycles. The molecule has 0 atom stereocenters. The molecule has 30 heavy (non-hydrogen) atoms. The molecule has 1 amide bonds. The highest BCUT2D eigenvalue weighted by molar-refractivity contribution is 6.42. The smallest absolute Gasteiger partial charge is 0.258 e. The van der Waals surface area contributed by atoms with Gasteiger partial charge in [-0.15, -0.1) is 0 Å². The Kier molecular flexibility index (Phi) is 6.41. The molecule has 154 valence electrons. The summed E-state index contributed by atoms with van der Waals surface area (Å²) < 4.78 is 5.44. The highest BCUT2D eigenvalue weighted by Crippen LogP contribution is 2.26. The van der Waals surface area contributed by atoms with Crippen molar-refractivity contribution >= 4 is 34.9 Å². The molecule has 0 bridgehead atoms. The molecule has 2 aromatic carbocycles. The molecule has 0 fully saturated rings. The predicted molar refractivity (Wildman–Crippen MR) is 119 cm³/mol. The highest BCUT2D eigenvalue weighted by Gasteiger charge is 2.16. The molecular formula is C23H21Cl2N3O2. The lowest BCUT2D eigenvalue weighted by atomic mass is 10.00. The van der Waals surface area contributed by atoms with Crippen molar-refractivity contribution in [3.8, 4) is 5.75 Å². The van der Waals surface area contributed by atoms with Crippen LogP contribution in [0.2, 0.25) is 10.0 Å². The maximum Gasteiger partial charge on any atom is 0.258 e. The van der Waals surface area contributed by atoms with Gasteiger partial charge in [-0.3, -0.25) is 4.79 Å². The number of hydrogen-bond acceptors (Lipinski definition) is 4. The molecule has 1 aromatic heterocycles. The molecule has 0 unspecified atom stereocenters. The van der Waals surface area contributed by atoms with Crippen LogP contribution in [0, 0.1) is 0 Å². The molecule has 0 radical (unpaired) electrons. The van der Waals surface area contributed by atoms with Crippen molar-refractivity contribution in [2.24, 2.45) is 0 Å². The molecule has 5 nitrogen and oxygen atoms in total. The number of pyridine rings is 1. The van der Waals surface area contributed by atoms with E-state index in [2.05, 4.69) is 39.5 Å². The maximum absolute atomic E-state index is 12.0. The Morgan fingerprint density at radius 3 is 2.67 bits per heavy atom. The molecule has 0 spiro atoms. The van der Waals surface area contributed by atoms with Crippen molar-refractivity contribution in [2.75, 3.05) is 18.1 Å². The molecule has 1 N–H and O–H groups in total. The summed E-state index contributed by atoms with van der Waals surface area (Å²) in [5.74, 6) is 1.22. The fourth-order valence-corrected chi connectivity index (χ4v) is 3.65. The van der Waals surface area contributed by atoms with Gasteiger partial charge in [0.2, 0.25) is 0 Å². The first kappa shape index (κ1) is 20.5. The van der Waals surface area contributed by atoms with Crippen molar-refractivity contribution < 1.29 is 9.53 Å². The van der Waals surface area contributed by atoms with Gasteiger partial charge in [0.25, 0.3) is 5.91 Å². The van der Waals surface area contributed by atoms with Gasteiger partial charge < -0.3 is 15.0 Å². The van der Waals surface area contributed by atoms with E-state index in [9.17, 15) is 4.79 Å². The fraction of sp³-hybridized carbons (Fsp3) is 0.217. The van der Waals surface area contributed by atoms with Crippen LogP contribution in [0.1, 0.15) is 16.7 Å². The van der Waals surface area contributed by atoms with Crippen molar-refractivity contribution in [2.45, 2.75) is 19.5 Å². The molecule has 0 saturated carbocycles. The summed E-state index contributed by atoms with van der Waals surface area (Å²) >= 11 is 11.8. The zero-order chi connectivity index (χ0) is 20.9. The Hall–Kier alpha value is -2.76. The molecule has 7 heteroatoms. The number of benzene rings is 2. The largest absolute Gasteiger partial charge is 0.484 e. The van der Waals surface area contributed by atoms with Crippen LogP contribution in [0.15, 0.2) is 60.8 Å². The van der Waals surface area contributed by atoms with E-state index in [1.165, 1.54) is 11.1 Å². The Morgan fingerprint density at radius 2 is 1.90 bits per heavy atom. The van der Waals surface area contributed by atoms with E-state index < -0.39 is 0 Å². The number of carbonyl (C=O) groups excluding carboxylic acids is 1. The lowest BCUT2D eigenvalue weighted by Gasteiger charge is -2.29. The van der Waals surface area contributed by atoms with Gasteiger partial charge in [0.1, 0.15) is 11.6 Å². The van der Waals surface area contributed by atoms with Crippen molar-refractivity contribution in [1.82, 2.24) is 10.3 Å². The van der Waals surface area contributed by atoms with E-state index >= 15 is 0 Å². The van der Waals surface area contributed by atoms with Crippen molar-refractivity contribution in [1.29, 1.82) is 0 Å². The number of nitrogens with one attached hydrogen (secondary N) is 1. The molecular weight excluding hydrogens is 421 g/mol. The molecule has 2 heterocycles. The Labute approximate surface area is 185 Å². The third kappa shape index (κ3) is 5.04. The second kappa shape index (κ2) is 9.37. The van der Waals surface area contributed by atoms with E-state index in [0.29, 0.717) is 22.3 Å². The monoisotopic (exact) mass is 441 g/mol. The zero-order valence-electron chi connectivity index (χ0n) is 16.3. The van der Waals surface area contributed by atoms with Gasteiger partial charge in [0.15, 0.2) is 6.61 Å². The van der Waals surface area contributed by atoms with Crippen LogP contribution < -0.4 is 15.0 Å². The number of nitrogens with zero attached hydrogens (tertiary/aromatic N) is 2. The molecule has 1 aliphatic rings. The molecule has 3 aromatic rings. The van der Waals surface area contributed by atoms with Gasteiger partial charge >= 0.3 is 0 Å². The zero-order valence-corrected chi connectivity index (χ0v) is 17.8. The number of rotatable bonds is 6.